The van der Waals surface area contributed by atoms with Crippen LogP contribution in [0.3, 0.4) is 0 Å². The number of nitrogens with two attached hydrogens (primary N) is 1. The molecule has 2 aromatic carbocycles. The van der Waals surface area contributed by atoms with Gasteiger partial charge in [0.25, 0.3) is 5.91 Å². The lowest BCUT2D eigenvalue weighted by molar-refractivity contribution is 0.102. The van der Waals surface area contributed by atoms with Crippen LogP contribution in [0.15, 0.2) is 34.8 Å². The molecule has 0 aliphatic carbocycles. The Labute approximate surface area is 135 Å². The third-order valence-corrected chi connectivity index (χ3v) is 4.15. The molecule has 0 heterocycles. The molecule has 0 saturated heterocycles. The SMILES string of the molecule is Cc1cc(Br)c(NC(=O)c2ccc(N)c(Cl)c2)cc1Cl. The van der Waals surface area contributed by atoms with Crippen LogP contribution in [0.2, 0.25) is 10.0 Å². The molecular weight excluding hydrogens is 363 g/mol. The Kier molecular flexibility index (Phi) is 4.58. The van der Waals surface area contributed by atoms with Crippen molar-refractivity contribution in [1.29, 1.82) is 0 Å². The number of benzene rings is 2. The highest BCUT2D eigenvalue weighted by Crippen LogP contribution is 2.30. The average molecular weight is 374 g/mol. The highest BCUT2D eigenvalue weighted by molar-refractivity contribution is 9.10. The number of nitrogen functional groups attached to an aromatic ring is 1. The smallest absolute Gasteiger partial charge is 0.255 e. The number of hydrogen-bond acceptors (Lipinski definition) is 2. The van der Waals surface area contributed by atoms with Gasteiger partial charge < -0.3 is 11.1 Å². The van der Waals surface area contributed by atoms with Crippen LogP contribution in [0.1, 0.15) is 15.9 Å². The molecule has 0 atom stereocenters. The zero-order valence-electron chi connectivity index (χ0n) is 10.5. The minimum Gasteiger partial charge on any atom is -0.398 e. The van der Waals surface area contributed by atoms with Crippen LogP contribution in [-0.4, -0.2) is 5.91 Å². The van der Waals surface area contributed by atoms with Gasteiger partial charge in [-0.25, -0.2) is 0 Å². The highest BCUT2D eigenvalue weighted by Gasteiger charge is 2.11. The number of rotatable bonds is 2. The zero-order chi connectivity index (χ0) is 14.9. The third kappa shape index (κ3) is 3.26. The lowest BCUT2D eigenvalue weighted by atomic mass is 10.1. The van der Waals surface area contributed by atoms with Gasteiger partial charge in [-0.3, -0.25) is 4.79 Å². The fourth-order valence-electron chi connectivity index (χ4n) is 1.60. The summed E-state index contributed by atoms with van der Waals surface area (Å²) in [5, 5.41) is 3.70. The van der Waals surface area contributed by atoms with Crippen LogP contribution in [0.25, 0.3) is 0 Å². The minimum atomic E-state index is -0.285. The number of aryl methyl sites for hydroxylation is 1. The van der Waals surface area contributed by atoms with Gasteiger partial charge in [-0.05, 0) is 58.7 Å². The number of halogens is 3. The Morgan fingerprint density at radius 1 is 1.20 bits per heavy atom. The van der Waals surface area contributed by atoms with Crippen molar-refractivity contribution in [2.24, 2.45) is 0 Å². The van der Waals surface area contributed by atoms with Gasteiger partial charge in [0.1, 0.15) is 0 Å². The Balaban J connectivity index is 2.27. The van der Waals surface area contributed by atoms with E-state index in [2.05, 4.69) is 21.2 Å². The van der Waals surface area contributed by atoms with Crippen molar-refractivity contribution in [2.45, 2.75) is 6.92 Å². The first kappa shape index (κ1) is 15.2. The first-order chi connectivity index (χ1) is 9.38. The van der Waals surface area contributed by atoms with Gasteiger partial charge in [-0.15, -0.1) is 0 Å². The summed E-state index contributed by atoms with van der Waals surface area (Å²) in [6, 6.07) is 8.26. The maximum Gasteiger partial charge on any atom is 0.255 e. The molecule has 104 valence electrons. The number of hydrogen-bond donors (Lipinski definition) is 2. The van der Waals surface area contributed by atoms with Gasteiger partial charge in [0, 0.05) is 15.1 Å². The van der Waals surface area contributed by atoms with Crippen LogP contribution in [0.5, 0.6) is 0 Å². The normalized spacial score (nSPS) is 10.4. The monoisotopic (exact) mass is 372 g/mol. The molecule has 0 aromatic heterocycles. The summed E-state index contributed by atoms with van der Waals surface area (Å²) < 4.78 is 0.759. The quantitative estimate of drug-likeness (QED) is 0.735. The Morgan fingerprint density at radius 2 is 1.90 bits per heavy atom. The van der Waals surface area contributed by atoms with E-state index in [9.17, 15) is 4.79 Å². The predicted molar refractivity (Wildman–Crippen MR) is 87.7 cm³/mol. The first-order valence-corrected chi connectivity index (χ1v) is 7.25. The summed E-state index contributed by atoms with van der Waals surface area (Å²) in [7, 11) is 0. The van der Waals surface area contributed by atoms with Gasteiger partial charge in [0.2, 0.25) is 0 Å². The third-order valence-electron chi connectivity index (χ3n) is 2.76. The maximum absolute atomic E-state index is 12.2. The van der Waals surface area contributed by atoms with E-state index in [0.717, 1.165) is 10.0 Å². The molecule has 0 unspecified atom stereocenters. The van der Waals surface area contributed by atoms with Crippen LogP contribution in [-0.2, 0) is 0 Å². The van der Waals surface area contributed by atoms with E-state index < -0.39 is 0 Å². The molecule has 2 rings (SSSR count). The van der Waals surface area contributed by atoms with E-state index in [-0.39, 0.29) is 5.91 Å². The highest BCUT2D eigenvalue weighted by atomic mass is 79.9. The van der Waals surface area contributed by atoms with Gasteiger partial charge in [-0.2, -0.15) is 0 Å². The van der Waals surface area contributed by atoms with Crippen molar-refractivity contribution in [3.63, 3.8) is 0 Å². The van der Waals surface area contributed by atoms with E-state index >= 15 is 0 Å². The fraction of sp³-hybridized carbons (Fsp3) is 0.0714. The summed E-state index contributed by atoms with van der Waals surface area (Å²) in [6.07, 6.45) is 0. The molecule has 0 spiro atoms. The largest absolute Gasteiger partial charge is 0.398 e. The molecule has 1 amide bonds. The van der Waals surface area contributed by atoms with Crippen molar-refractivity contribution in [3.8, 4) is 0 Å². The van der Waals surface area contributed by atoms with Crippen LogP contribution < -0.4 is 11.1 Å². The fourth-order valence-corrected chi connectivity index (χ4v) is 2.51. The number of carbonyl (C=O) groups excluding carboxylic acids is 1. The van der Waals surface area contributed by atoms with Crippen LogP contribution >= 0.6 is 39.1 Å². The van der Waals surface area contributed by atoms with Gasteiger partial charge in [0.15, 0.2) is 0 Å². The summed E-state index contributed by atoms with van der Waals surface area (Å²) in [5.41, 5.74) is 7.99. The lowest BCUT2D eigenvalue weighted by Crippen LogP contribution is -2.12. The second-order valence-corrected chi connectivity index (χ2v) is 5.94. The molecule has 0 radical (unpaired) electrons. The van der Waals surface area contributed by atoms with Crippen molar-refractivity contribution in [1.82, 2.24) is 0 Å². The topological polar surface area (TPSA) is 55.1 Å². The molecule has 0 aliphatic heterocycles. The standard InChI is InChI=1S/C14H11BrCl2N2O/c1-7-4-9(15)13(6-10(7)16)19-14(20)8-2-3-12(18)11(17)5-8/h2-6H,18H2,1H3,(H,19,20). The molecule has 0 bridgehead atoms. The number of amides is 1. The van der Waals surface area contributed by atoms with Crippen molar-refractivity contribution in [2.75, 3.05) is 11.1 Å². The van der Waals surface area contributed by atoms with Crippen molar-refractivity contribution in [3.05, 3.63) is 56.0 Å². The number of nitrogens with one attached hydrogen (secondary N) is 1. The maximum atomic E-state index is 12.2. The Hall–Kier alpha value is -1.23. The second-order valence-electron chi connectivity index (χ2n) is 4.27. The van der Waals surface area contributed by atoms with E-state index in [4.69, 9.17) is 28.9 Å². The molecule has 0 aliphatic rings. The molecule has 0 fully saturated rings. The molecule has 3 nitrogen and oxygen atoms in total. The van der Waals surface area contributed by atoms with E-state index in [1.165, 1.54) is 6.07 Å². The van der Waals surface area contributed by atoms with Crippen molar-refractivity contribution < 1.29 is 4.79 Å². The second kappa shape index (κ2) is 6.04. The minimum absolute atomic E-state index is 0.285. The molecule has 6 heteroatoms. The lowest BCUT2D eigenvalue weighted by Gasteiger charge is -2.10. The van der Waals surface area contributed by atoms with Crippen LogP contribution in [0, 0.1) is 6.92 Å². The first-order valence-electron chi connectivity index (χ1n) is 5.70. The van der Waals surface area contributed by atoms with E-state index in [1.807, 2.05) is 13.0 Å². The van der Waals surface area contributed by atoms with Crippen LogP contribution in [0.4, 0.5) is 11.4 Å². The predicted octanol–water partition coefficient (Wildman–Crippen LogP) is 4.90. The zero-order valence-corrected chi connectivity index (χ0v) is 13.6. The Bertz CT molecular complexity index is 689. The molecule has 0 saturated carbocycles. The average Bonchev–Trinajstić information content (AvgIpc) is 2.39. The summed E-state index contributed by atoms with van der Waals surface area (Å²) in [4.78, 5) is 12.2. The number of anilines is 2. The van der Waals surface area contributed by atoms with Crippen molar-refractivity contribution >= 4 is 56.4 Å². The van der Waals surface area contributed by atoms with Gasteiger partial charge in [0.05, 0.1) is 16.4 Å². The summed E-state index contributed by atoms with van der Waals surface area (Å²) >= 11 is 15.3. The summed E-state index contributed by atoms with van der Waals surface area (Å²) in [6.45, 7) is 1.89. The molecule has 20 heavy (non-hydrogen) atoms. The van der Waals surface area contributed by atoms with E-state index in [0.29, 0.717) is 27.0 Å². The number of carbonyl (C=O) groups is 1. The molecule has 2 aromatic rings. The van der Waals surface area contributed by atoms with E-state index in [1.54, 1.807) is 18.2 Å². The molecular formula is C14H11BrCl2N2O. The summed E-state index contributed by atoms with van der Waals surface area (Å²) in [5.74, 6) is -0.285. The van der Waals surface area contributed by atoms with Gasteiger partial charge >= 0.3 is 0 Å². The molecule has 3 N–H and O–H groups in total. The Morgan fingerprint density at radius 3 is 2.55 bits per heavy atom. The van der Waals surface area contributed by atoms with Gasteiger partial charge in [-0.1, -0.05) is 23.2 Å².